The fraction of sp³-hybridized carbons (Fsp3) is 0.370. The van der Waals surface area contributed by atoms with Crippen molar-refractivity contribution in [3.63, 3.8) is 0 Å². The van der Waals surface area contributed by atoms with Crippen LogP contribution >= 0.6 is 0 Å². The zero-order chi connectivity index (χ0) is 28.4. The van der Waals surface area contributed by atoms with Crippen LogP contribution in [-0.4, -0.2) is 73.3 Å². The molecule has 2 aromatic carbocycles. The standard InChI is InChI=1S/C27H31N5O7S/c1-4-32-17(2)25(13-29-32)40(35,36)31-14-21-24(15-31)39-20-8-5-18(6-9-20)12-28-26(33)16-38-23-11-19(27(34)30-21)7-10-22(23)37-3/h5-11,13,21,24H,4,12,14-16H2,1-3H3,(H,28,33)(H,30,34)/t21-,24-/m0/s1. The third kappa shape index (κ3) is 5.47. The molecular formula is C27H31N5O7S. The Labute approximate surface area is 232 Å². The van der Waals surface area contributed by atoms with Gasteiger partial charge in [0.2, 0.25) is 10.0 Å². The molecule has 4 bridgehead atoms. The predicted octanol–water partition coefficient (Wildman–Crippen LogP) is 1.48. The monoisotopic (exact) mass is 569 g/mol. The van der Waals surface area contributed by atoms with Gasteiger partial charge in [0.25, 0.3) is 11.8 Å². The van der Waals surface area contributed by atoms with Crippen LogP contribution in [-0.2, 0) is 27.9 Å². The number of benzene rings is 2. The van der Waals surface area contributed by atoms with Gasteiger partial charge in [0.05, 0.1) is 31.6 Å². The molecular weight excluding hydrogens is 538 g/mol. The second-order valence-corrected chi connectivity index (χ2v) is 11.4. The van der Waals surface area contributed by atoms with Gasteiger partial charge in [-0.2, -0.15) is 9.40 Å². The summed E-state index contributed by atoms with van der Waals surface area (Å²) in [4.78, 5) is 25.8. The highest BCUT2D eigenvalue weighted by atomic mass is 32.2. The fourth-order valence-electron chi connectivity index (χ4n) is 4.77. The van der Waals surface area contributed by atoms with Gasteiger partial charge in [0, 0.05) is 25.2 Å². The third-order valence-electron chi connectivity index (χ3n) is 7.01. The Morgan fingerprint density at radius 2 is 1.90 bits per heavy atom. The van der Waals surface area contributed by atoms with Crippen molar-refractivity contribution in [2.45, 2.75) is 44.0 Å². The molecule has 12 nitrogen and oxygen atoms in total. The van der Waals surface area contributed by atoms with Gasteiger partial charge < -0.3 is 24.8 Å². The van der Waals surface area contributed by atoms with E-state index in [-0.39, 0.29) is 48.4 Å². The van der Waals surface area contributed by atoms with Crippen LogP contribution in [0.15, 0.2) is 53.6 Å². The number of hydrogen-bond acceptors (Lipinski definition) is 8. The molecule has 3 aliphatic rings. The van der Waals surface area contributed by atoms with Gasteiger partial charge in [-0.25, -0.2) is 8.42 Å². The first-order chi connectivity index (χ1) is 19.2. The van der Waals surface area contributed by atoms with E-state index in [9.17, 15) is 18.0 Å². The van der Waals surface area contributed by atoms with Crippen molar-refractivity contribution in [1.82, 2.24) is 24.7 Å². The number of hydrogen-bond donors (Lipinski definition) is 2. The van der Waals surface area contributed by atoms with Crippen molar-refractivity contribution in [3.05, 3.63) is 65.5 Å². The highest BCUT2D eigenvalue weighted by Gasteiger charge is 2.42. The van der Waals surface area contributed by atoms with E-state index in [0.717, 1.165) is 5.56 Å². The molecule has 2 amide bonds. The number of carbonyl (C=O) groups is 2. The van der Waals surface area contributed by atoms with Gasteiger partial charge >= 0.3 is 0 Å². The number of sulfonamides is 1. The van der Waals surface area contributed by atoms with Crippen molar-refractivity contribution in [1.29, 1.82) is 0 Å². The lowest BCUT2D eigenvalue weighted by molar-refractivity contribution is -0.123. The number of nitrogens with one attached hydrogen (secondary N) is 2. The Hall–Kier alpha value is -4.10. The average Bonchev–Trinajstić information content (AvgIpc) is 3.54. The molecule has 4 heterocycles. The molecule has 1 saturated heterocycles. The number of ether oxygens (including phenoxy) is 3. The molecule has 2 N–H and O–H groups in total. The molecule has 0 radical (unpaired) electrons. The Balaban J connectivity index is 1.48. The first-order valence-electron chi connectivity index (χ1n) is 12.9. The van der Waals surface area contributed by atoms with Crippen molar-refractivity contribution in [3.8, 4) is 17.2 Å². The highest BCUT2D eigenvalue weighted by molar-refractivity contribution is 7.89. The first-order valence-corrected chi connectivity index (χ1v) is 14.3. The molecule has 1 fully saturated rings. The van der Waals surface area contributed by atoms with Crippen LogP contribution in [0, 0.1) is 6.92 Å². The van der Waals surface area contributed by atoms with Crippen LogP contribution in [0.3, 0.4) is 0 Å². The zero-order valence-electron chi connectivity index (χ0n) is 22.4. The number of carbonyl (C=O) groups excluding carboxylic acids is 2. The molecule has 0 saturated carbocycles. The normalized spacial score (nSPS) is 20.1. The maximum Gasteiger partial charge on any atom is 0.258 e. The summed E-state index contributed by atoms with van der Waals surface area (Å²) in [6.45, 7) is 4.19. The lowest BCUT2D eigenvalue weighted by Crippen LogP contribution is -2.45. The van der Waals surface area contributed by atoms with Crippen LogP contribution in [0.25, 0.3) is 0 Å². The maximum absolute atomic E-state index is 13.6. The van der Waals surface area contributed by atoms with E-state index in [4.69, 9.17) is 14.2 Å². The second-order valence-electron chi connectivity index (χ2n) is 9.54. The molecule has 2 atom stereocenters. The van der Waals surface area contributed by atoms with Gasteiger partial charge in [-0.15, -0.1) is 0 Å². The molecule has 1 aromatic heterocycles. The fourth-order valence-corrected chi connectivity index (χ4v) is 6.41. The van der Waals surface area contributed by atoms with Gasteiger partial charge in [0.15, 0.2) is 18.1 Å². The smallest absolute Gasteiger partial charge is 0.258 e. The van der Waals surface area contributed by atoms with E-state index >= 15 is 0 Å². The van der Waals surface area contributed by atoms with Gasteiger partial charge in [-0.05, 0) is 49.7 Å². The molecule has 212 valence electrons. The van der Waals surface area contributed by atoms with E-state index in [1.165, 1.54) is 23.7 Å². The minimum Gasteiger partial charge on any atom is -0.493 e. The molecule has 13 heteroatoms. The summed E-state index contributed by atoms with van der Waals surface area (Å²) in [5, 5.41) is 9.92. The summed E-state index contributed by atoms with van der Waals surface area (Å²) >= 11 is 0. The Morgan fingerprint density at radius 1 is 1.12 bits per heavy atom. The summed E-state index contributed by atoms with van der Waals surface area (Å²) in [5.74, 6) is 0.305. The van der Waals surface area contributed by atoms with E-state index in [0.29, 0.717) is 23.7 Å². The molecule has 3 aromatic rings. The lowest BCUT2D eigenvalue weighted by Gasteiger charge is -2.21. The van der Waals surface area contributed by atoms with Crippen LogP contribution < -0.4 is 24.8 Å². The first kappa shape index (κ1) is 27.5. The highest BCUT2D eigenvalue weighted by Crippen LogP contribution is 2.30. The number of fused-ring (bicyclic) bond motifs is 7. The topological polar surface area (TPSA) is 141 Å². The lowest BCUT2D eigenvalue weighted by atomic mass is 10.1. The Morgan fingerprint density at radius 3 is 2.60 bits per heavy atom. The number of rotatable bonds is 4. The van der Waals surface area contributed by atoms with E-state index in [1.807, 2.05) is 6.92 Å². The van der Waals surface area contributed by atoms with Crippen molar-refractivity contribution in [2.75, 3.05) is 26.8 Å². The van der Waals surface area contributed by atoms with Crippen LogP contribution in [0.4, 0.5) is 0 Å². The van der Waals surface area contributed by atoms with Gasteiger partial charge in [0.1, 0.15) is 16.7 Å². The quantitative estimate of drug-likeness (QED) is 0.482. The van der Waals surface area contributed by atoms with E-state index in [2.05, 4.69) is 15.7 Å². The van der Waals surface area contributed by atoms with Crippen molar-refractivity contribution in [2.24, 2.45) is 0 Å². The van der Waals surface area contributed by atoms with Gasteiger partial charge in [-0.3, -0.25) is 14.3 Å². The van der Waals surface area contributed by atoms with E-state index in [1.54, 1.807) is 48.0 Å². The predicted molar refractivity (Wildman–Crippen MR) is 144 cm³/mol. The van der Waals surface area contributed by atoms with Gasteiger partial charge in [-0.1, -0.05) is 12.1 Å². The second kappa shape index (κ2) is 11.2. The number of aromatic nitrogens is 2. The molecule has 40 heavy (non-hydrogen) atoms. The minimum absolute atomic E-state index is 0.00546. The zero-order valence-corrected chi connectivity index (χ0v) is 23.2. The minimum atomic E-state index is -3.91. The SMILES string of the molecule is CCn1ncc(S(=O)(=O)N2C[C@@H]3NC(=O)c4ccc(OC)c(c4)OCC(=O)NCc4ccc(cc4)O[C@H]3C2)c1C. The van der Waals surface area contributed by atoms with Crippen molar-refractivity contribution < 1.29 is 32.2 Å². The Bertz CT molecular complexity index is 1520. The largest absolute Gasteiger partial charge is 0.493 e. The number of amides is 2. The number of methoxy groups -OCH3 is 1. The molecule has 0 unspecified atom stereocenters. The number of aryl methyl sites for hydroxylation is 1. The average molecular weight is 570 g/mol. The number of nitrogens with zero attached hydrogens (tertiary/aromatic N) is 3. The summed E-state index contributed by atoms with van der Waals surface area (Å²) in [6.07, 6.45) is 0.687. The maximum atomic E-state index is 13.6. The van der Waals surface area contributed by atoms with Crippen LogP contribution in [0.5, 0.6) is 17.2 Å². The molecule has 0 spiro atoms. The van der Waals surface area contributed by atoms with E-state index < -0.39 is 28.1 Å². The summed E-state index contributed by atoms with van der Waals surface area (Å²) in [5.41, 5.74) is 1.64. The molecule has 6 rings (SSSR count). The van der Waals surface area contributed by atoms with Crippen molar-refractivity contribution >= 4 is 21.8 Å². The third-order valence-corrected chi connectivity index (χ3v) is 8.94. The summed E-state index contributed by atoms with van der Waals surface area (Å²) in [6, 6.07) is 11.1. The van der Waals surface area contributed by atoms with Crippen LogP contribution in [0.2, 0.25) is 0 Å². The Kier molecular flexibility index (Phi) is 7.68. The molecule has 3 aliphatic heterocycles. The summed E-state index contributed by atoms with van der Waals surface area (Å²) in [7, 11) is -2.45. The molecule has 0 aliphatic carbocycles. The van der Waals surface area contributed by atoms with Crippen LogP contribution in [0.1, 0.15) is 28.5 Å². The summed E-state index contributed by atoms with van der Waals surface area (Å²) < 4.78 is 47.4.